The minimum absolute atomic E-state index is 0.0703. The summed E-state index contributed by atoms with van der Waals surface area (Å²) in [6.07, 6.45) is 0. The van der Waals surface area contributed by atoms with Gasteiger partial charge in [-0.15, -0.1) is 0 Å². The molecule has 0 fully saturated rings. The van der Waals surface area contributed by atoms with Crippen molar-refractivity contribution in [3.8, 4) is 0 Å². The van der Waals surface area contributed by atoms with Crippen molar-refractivity contribution in [1.82, 2.24) is 0 Å². The number of rotatable bonds is 2. The Bertz CT molecular complexity index is 714. The van der Waals surface area contributed by atoms with Crippen LogP contribution in [0.3, 0.4) is 0 Å². The summed E-state index contributed by atoms with van der Waals surface area (Å²) in [4.78, 5) is 0. The Morgan fingerprint density at radius 2 is 0.750 bits per heavy atom. The van der Waals surface area contributed by atoms with Crippen molar-refractivity contribution >= 4 is 14.2 Å². The molecule has 0 aliphatic rings. The molecular weight excluding hydrogens is 556 g/mol. The first-order valence-electron chi connectivity index (χ1n) is 8.53. The number of hydrogen-bond donors (Lipinski definition) is 0. The zero-order chi connectivity index (χ0) is 22.1. The third-order valence-corrected chi connectivity index (χ3v) is 6.32. The molecule has 2 aromatic carbocycles. The van der Waals surface area contributed by atoms with E-state index in [4.69, 9.17) is 0 Å². The predicted octanol–water partition coefficient (Wildman–Crippen LogP) is 4.55. The molecule has 0 aliphatic heterocycles. The normalized spacial score (nSPS) is 15.1. The van der Waals surface area contributed by atoms with Crippen LogP contribution in [0.15, 0.2) is 48.5 Å². The van der Waals surface area contributed by atoms with E-state index < -0.39 is 14.2 Å². The zero-order valence-corrected chi connectivity index (χ0v) is 20.7. The Morgan fingerprint density at radius 3 is 0.929 bits per heavy atom. The van der Waals surface area contributed by atoms with Gasteiger partial charge in [0.05, 0.1) is 0 Å². The van der Waals surface area contributed by atoms with Crippen molar-refractivity contribution in [2.24, 2.45) is 0 Å². The SMILES string of the molecule is CC(C)(C)c1ccc([I+]c2ccc(C(C)(C)C)cc2)cc1.F[As-](F)(F)(F)(F)F. The summed E-state index contributed by atoms with van der Waals surface area (Å²) in [5.41, 5.74) is 3.31. The molecule has 0 bridgehead atoms. The van der Waals surface area contributed by atoms with E-state index in [1.54, 1.807) is 0 Å². The molecule has 0 radical (unpaired) electrons. The molecule has 0 N–H and O–H groups in total. The second-order valence-electron chi connectivity index (χ2n) is 8.57. The van der Waals surface area contributed by atoms with Gasteiger partial charge in [-0.1, -0.05) is 65.8 Å². The van der Waals surface area contributed by atoms with E-state index in [1.807, 2.05) is 0 Å². The molecular formula is C20H26AsF6I. The van der Waals surface area contributed by atoms with Gasteiger partial charge >= 0.3 is 56.2 Å². The monoisotopic (exact) mass is 582 g/mol. The molecule has 0 amide bonds. The third-order valence-electron chi connectivity index (χ3n) is 3.64. The summed E-state index contributed by atoms with van der Waals surface area (Å²) in [6.45, 7) is 13.6. The molecule has 8 heteroatoms. The molecule has 2 aromatic rings. The van der Waals surface area contributed by atoms with Crippen molar-refractivity contribution < 1.29 is 42.0 Å². The number of benzene rings is 2. The minimum atomic E-state index is -11.1. The summed E-state index contributed by atoms with van der Waals surface area (Å²) in [7, 11) is 0. The fourth-order valence-corrected chi connectivity index (χ4v) is 4.31. The second-order valence-corrected chi connectivity index (χ2v) is 15.6. The summed E-state index contributed by atoms with van der Waals surface area (Å²) in [5, 5.41) is 0. The molecule has 0 unspecified atom stereocenters. The Labute approximate surface area is 174 Å². The van der Waals surface area contributed by atoms with E-state index in [2.05, 4.69) is 90.1 Å². The van der Waals surface area contributed by atoms with Crippen LogP contribution in [0.4, 0.5) is 20.8 Å². The molecule has 160 valence electrons. The fourth-order valence-electron chi connectivity index (χ4n) is 2.15. The Morgan fingerprint density at radius 1 is 0.536 bits per heavy atom. The van der Waals surface area contributed by atoms with Gasteiger partial charge < -0.3 is 0 Å². The van der Waals surface area contributed by atoms with Crippen molar-refractivity contribution in [1.29, 1.82) is 0 Å². The van der Waals surface area contributed by atoms with Crippen molar-refractivity contribution in [3.63, 3.8) is 0 Å². The van der Waals surface area contributed by atoms with E-state index in [1.165, 1.54) is 18.3 Å². The summed E-state index contributed by atoms with van der Waals surface area (Å²) in [5.74, 6) is 0. The van der Waals surface area contributed by atoms with Gasteiger partial charge in [0.1, 0.15) is 0 Å². The Hall–Kier alpha value is -0.692. The maximum atomic E-state index is 9.91. The maximum absolute atomic E-state index is 11.1. The molecule has 28 heavy (non-hydrogen) atoms. The molecule has 0 saturated carbocycles. The second kappa shape index (κ2) is 7.53. The first-order valence-corrected chi connectivity index (χ1v) is 14.9. The van der Waals surface area contributed by atoms with Crippen LogP contribution < -0.4 is 21.2 Å². The van der Waals surface area contributed by atoms with Crippen LogP contribution in [0.5, 0.6) is 0 Å². The van der Waals surface area contributed by atoms with Gasteiger partial charge in [0.2, 0.25) is 0 Å². The Kier molecular flexibility index (Phi) is 6.82. The van der Waals surface area contributed by atoms with Crippen LogP contribution in [-0.4, -0.2) is 14.2 Å². The topological polar surface area (TPSA) is 0 Å². The molecule has 0 aliphatic carbocycles. The first-order chi connectivity index (χ1) is 12.1. The average molecular weight is 582 g/mol. The summed E-state index contributed by atoms with van der Waals surface area (Å²) >= 11 is -11.1. The van der Waals surface area contributed by atoms with Crippen LogP contribution in [-0.2, 0) is 10.8 Å². The number of hydrogen-bond acceptors (Lipinski definition) is 0. The van der Waals surface area contributed by atoms with E-state index in [9.17, 15) is 20.8 Å². The van der Waals surface area contributed by atoms with Gasteiger partial charge in [0.25, 0.3) is 0 Å². The van der Waals surface area contributed by atoms with Crippen molar-refractivity contribution in [2.45, 2.75) is 52.4 Å². The number of halogens is 7. The summed E-state index contributed by atoms with van der Waals surface area (Å²) < 4.78 is 62.4. The van der Waals surface area contributed by atoms with Crippen LogP contribution in [0, 0.1) is 7.14 Å². The Balaban J connectivity index is 0.000000480. The van der Waals surface area contributed by atoms with Crippen LogP contribution in [0.2, 0.25) is 0 Å². The first kappa shape index (κ1) is 25.3. The van der Waals surface area contributed by atoms with E-state index in [-0.39, 0.29) is 32.0 Å². The van der Waals surface area contributed by atoms with E-state index >= 15 is 0 Å². The van der Waals surface area contributed by atoms with Crippen LogP contribution in [0.1, 0.15) is 52.7 Å². The summed E-state index contributed by atoms with van der Waals surface area (Å²) in [6, 6.07) is 18.4. The van der Waals surface area contributed by atoms with Gasteiger partial charge in [0, 0.05) is 0 Å². The van der Waals surface area contributed by atoms with Gasteiger partial charge in [-0.25, -0.2) is 0 Å². The zero-order valence-electron chi connectivity index (χ0n) is 16.7. The molecule has 0 atom stereocenters. The van der Waals surface area contributed by atoms with Crippen LogP contribution in [0.25, 0.3) is 0 Å². The van der Waals surface area contributed by atoms with Gasteiger partial charge in [-0.2, -0.15) is 0 Å². The average Bonchev–Trinajstić information content (AvgIpc) is 2.43. The quantitative estimate of drug-likeness (QED) is 0.277. The molecule has 0 aromatic heterocycles. The van der Waals surface area contributed by atoms with Gasteiger partial charge in [-0.05, 0) is 46.2 Å². The molecule has 0 nitrogen and oxygen atoms in total. The van der Waals surface area contributed by atoms with Gasteiger partial charge in [-0.3, -0.25) is 0 Å². The standard InChI is InChI=1S/C20H26I.AsF6/c1-19(2,3)15-7-11-17(12-8-15)21-18-13-9-16(10-14-18)20(4,5)6;2-1(3,4,5,6)7/h7-14H,1-6H3;/q+1;-1. The molecule has 0 heterocycles. The predicted molar refractivity (Wildman–Crippen MR) is 100 cm³/mol. The van der Waals surface area contributed by atoms with Crippen molar-refractivity contribution in [3.05, 3.63) is 66.8 Å². The van der Waals surface area contributed by atoms with E-state index in [0.717, 1.165) is 0 Å². The molecule has 0 spiro atoms. The van der Waals surface area contributed by atoms with Crippen molar-refractivity contribution in [2.75, 3.05) is 0 Å². The third kappa shape index (κ3) is 12.0. The van der Waals surface area contributed by atoms with E-state index in [0.29, 0.717) is 0 Å². The fraction of sp³-hybridized carbons (Fsp3) is 0.400. The molecule has 0 saturated heterocycles. The van der Waals surface area contributed by atoms with Crippen LogP contribution >= 0.6 is 0 Å². The van der Waals surface area contributed by atoms with Gasteiger partial charge in [0.15, 0.2) is 7.14 Å². The molecule has 2 rings (SSSR count).